The van der Waals surface area contributed by atoms with Gasteiger partial charge in [-0.25, -0.2) is 0 Å². The molecule has 5 rings (SSSR count). The molecule has 1 fully saturated rings. The molecule has 1 aliphatic rings. The summed E-state index contributed by atoms with van der Waals surface area (Å²) in [5.41, 5.74) is 4.66. The fraction of sp³-hybridized carbons (Fsp3) is 0.389. The number of ether oxygens (including phenoxy) is 1. The lowest BCUT2D eigenvalue weighted by Crippen LogP contribution is -2.48. The first-order chi connectivity index (χ1) is 22.4. The maximum Gasteiger partial charge on any atom is 0.475 e. The SMILES string of the molecule is CC(C)C[C@H](NC(=O)Cn1nc(-c2cccc(OCCCCN3CCN(c4ccccc4)CC3)c2)cc1-c1ccccc1)B(O)O. The number of amides is 1. The van der Waals surface area contributed by atoms with Crippen molar-refractivity contribution >= 4 is 18.7 Å². The molecule has 3 aromatic carbocycles. The van der Waals surface area contributed by atoms with E-state index in [1.165, 1.54) is 5.69 Å². The van der Waals surface area contributed by atoms with Crippen molar-refractivity contribution in [3.8, 4) is 28.3 Å². The standard InChI is InChI=1S/C36H46BN5O4/c1-28(2)24-35(37(44)45)38-36(43)27-42-34(29-12-5-3-6-13-29)26-33(39-42)30-14-11-17-32(25-30)46-23-10-9-18-40-19-21-41(22-20-40)31-15-7-4-8-16-31/h3-8,11-17,25-26,28,35,44-45H,9-10,18-24,27H2,1-2H3,(H,38,43)/t35-/m0/s1. The first kappa shape index (κ1) is 33.3. The lowest BCUT2D eigenvalue weighted by molar-refractivity contribution is -0.122. The second-order valence-corrected chi connectivity index (χ2v) is 12.4. The van der Waals surface area contributed by atoms with Gasteiger partial charge < -0.3 is 25.0 Å². The monoisotopic (exact) mass is 623 g/mol. The Kier molecular flexibility index (Phi) is 11.9. The number of hydrogen-bond donors (Lipinski definition) is 3. The van der Waals surface area contributed by atoms with Gasteiger partial charge in [0.05, 0.1) is 23.9 Å². The number of anilines is 1. The highest BCUT2D eigenvalue weighted by Gasteiger charge is 2.26. The number of nitrogens with one attached hydrogen (secondary N) is 1. The molecule has 46 heavy (non-hydrogen) atoms. The number of hydrogen-bond acceptors (Lipinski definition) is 7. The van der Waals surface area contributed by atoms with Gasteiger partial charge in [-0.05, 0) is 67.6 Å². The highest BCUT2D eigenvalue weighted by Crippen LogP contribution is 2.28. The molecule has 1 amide bonds. The Morgan fingerprint density at radius 1 is 0.891 bits per heavy atom. The summed E-state index contributed by atoms with van der Waals surface area (Å²) in [5, 5.41) is 27.1. The molecular weight excluding hydrogens is 577 g/mol. The maximum atomic E-state index is 13.0. The van der Waals surface area contributed by atoms with Gasteiger partial charge in [0.15, 0.2) is 0 Å². The van der Waals surface area contributed by atoms with Gasteiger partial charge in [-0.2, -0.15) is 5.10 Å². The minimum atomic E-state index is -1.63. The molecule has 0 radical (unpaired) electrons. The van der Waals surface area contributed by atoms with Crippen LogP contribution >= 0.6 is 0 Å². The van der Waals surface area contributed by atoms with Crippen LogP contribution in [0.2, 0.25) is 0 Å². The summed E-state index contributed by atoms with van der Waals surface area (Å²) in [6.45, 7) is 9.90. The van der Waals surface area contributed by atoms with E-state index in [0.29, 0.717) is 13.0 Å². The Morgan fingerprint density at radius 3 is 2.28 bits per heavy atom. The molecule has 0 saturated carbocycles. The van der Waals surface area contributed by atoms with Crippen LogP contribution in [0.1, 0.15) is 33.1 Å². The van der Waals surface area contributed by atoms with Crippen LogP contribution in [0, 0.1) is 5.92 Å². The zero-order chi connectivity index (χ0) is 32.3. The summed E-state index contributed by atoms with van der Waals surface area (Å²) in [6.07, 6.45) is 2.52. The molecule has 1 aromatic heterocycles. The predicted octanol–water partition coefficient (Wildman–Crippen LogP) is 4.74. The number of carbonyl (C=O) groups is 1. The van der Waals surface area contributed by atoms with Crippen LogP contribution in [0.5, 0.6) is 5.75 Å². The number of benzene rings is 3. The summed E-state index contributed by atoms with van der Waals surface area (Å²) in [5.74, 6) is -0.0998. The molecular formula is C36H46BN5O4. The van der Waals surface area contributed by atoms with Gasteiger partial charge in [0.2, 0.25) is 5.91 Å². The van der Waals surface area contributed by atoms with Crippen molar-refractivity contribution in [2.75, 3.05) is 44.2 Å². The number of unbranched alkanes of at least 4 members (excludes halogenated alkanes) is 1. The Balaban J connectivity index is 1.16. The van der Waals surface area contributed by atoms with Crippen molar-refractivity contribution in [3.63, 3.8) is 0 Å². The summed E-state index contributed by atoms with van der Waals surface area (Å²) < 4.78 is 7.81. The minimum Gasteiger partial charge on any atom is -0.494 e. The molecule has 0 aliphatic carbocycles. The number of aromatic nitrogens is 2. The van der Waals surface area contributed by atoms with E-state index in [4.69, 9.17) is 9.84 Å². The highest BCUT2D eigenvalue weighted by atomic mass is 16.5. The van der Waals surface area contributed by atoms with Crippen LogP contribution in [-0.4, -0.2) is 83.0 Å². The van der Waals surface area contributed by atoms with Crippen molar-refractivity contribution in [2.45, 2.75) is 45.6 Å². The number of piperazine rings is 1. The van der Waals surface area contributed by atoms with Crippen molar-refractivity contribution in [2.24, 2.45) is 5.92 Å². The largest absolute Gasteiger partial charge is 0.494 e. The van der Waals surface area contributed by atoms with E-state index in [2.05, 4.69) is 45.4 Å². The fourth-order valence-corrected chi connectivity index (χ4v) is 5.91. The molecule has 9 nitrogen and oxygen atoms in total. The van der Waals surface area contributed by atoms with Gasteiger partial charge in [-0.3, -0.25) is 14.4 Å². The predicted molar refractivity (Wildman–Crippen MR) is 185 cm³/mol. The van der Waals surface area contributed by atoms with E-state index in [1.807, 2.05) is 74.5 Å². The molecule has 4 aromatic rings. The number of rotatable bonds is 15. The molecule has 0 spiro atoms. The molecule has 0 unspecified atom stereocenters. The molecule has 1 saturated heterocycles. The van der Waals surface area contributed by atoms with Gasteiger partial charge >= 0.3 is 7.12 Å². The smallest absolute Gasteiger partial charge is 0.475 e. The van der Waals surface area contributed by atoms with Gasteiger partial charge in [-0.15, -0.1) is 0 Å². The van der Waals surface area contributed by atoms with Crippen LogP contribution in [-0.2, 0) is 11.3 Å². The maximum absolute atomic E-state index is 13.0. The van der Waals surface area contributed by atoms with Crippen molar-refractivity contribution in [1.82, 2.24) is 20.0 Å². The third-order valence-corrected chi connectivity index (χ3v) is 8.34. The number of para-hydroxylation sites is 1. The quantitative estimate of drug-likeness (QED) is 0.130. The lowest BCUT2D eigenvalue weighted by atomic mass is 9.75. The van der Waals surface area contributed by atoms with Gasteiger partial charge in [0, 0.05) is 37.4 Å². The Hall–Kier alpha value is -4.12. The van der Waals surface area contributed by atoms with Crippen LogP contribution < -0.4 is 15.0 Å². The second kappa shape index (κ2) is 16.4. The van der Waals surface area contributed by atoms with Crippen LogP contribution in [0.4, 0.5) is 5.69 Å². The number of carbonyl (C=O) groups excluding carboxylic acids is 1. The van der Waals surface area contributed by atoms with E-state index >= 15 is 0 Å². The minimum absolute atomic E-state index is 0.0525. The van der Waals surface area contributed by atoms with Crippen molar-refractivity contribution in [3.05, 3.63) is 91.0 Å². The van der Waals surface area contributed by atoms with E-state index in [1.54, 1.807) is 4.68 Å². The van der Waals surface area contributed by atoms with Crippen LogP contribution in [0.15, 0.2) is 91.0 Å². The summed E-state index contributed by atoms with van der Waals surface area (Å²) >= 11 is 0. The highest BCUT2D eigenvalue weighted by molar-refractivity contribution is 6.43. The Morgan fingerprint density at radius 2 is 1.59 bits per heavy atom. The summed E-state index contributed by atoms with van der Waals surface area (Å²) in [6, 6.07) is 30.3. The average Bonchev–Trinajstić information content (AvgIpc) is 3.49. The number of nitrogens with zero attached hydrogens (tertiary/aromatic N) is 4. The third kappa shape index (κ3) is 9.45. The van der Waals surface area contributed by atoms with Gasteiger partial charge in [0.25, 0.3) is 0 Å². The molecule has 3 N–H and O–H groups in total. The first-order valence-corrected chi connectivity index (χ1v) is 16.4. The first-order valence-electron chi connectivity index (χ1n) is 16.4. The zero-order valence-corrected chi connectivity index (χ0v) is 27.0. The fourth-order valence-electron chi connectivity index (χ4n) is 5.91. The Labute approximate surface area is 273 Å². The van der Waals surface area contributed by atoms with E-state index in [0.717, 1.165) is 73.8 Å². The van der Waals surface area contributed by atoms with Gasteiger partial charge in [-0.1, -0.05) is 74.5 Å². The lowest BCUT2D eigenvalue weighted by Gasteiger charge is -2.36. The van der Waals surface area contributed by atoms with Crippen LogP contribution in [0.25, 0.3) is 22.5 Å². The van der Waals surface area contributed by atoms with E-state index < -0.39 is 13.1 Å². The van der Waals surface area contributed by atoms with Crippen LogP contribution in [0.3, 0.4) is 0 Å². The molecule has 2 heterocycles. The molecule has 0 bridgehead atoms. The normalized spacial score (nSPS) is 14.3. The molecule has 1 atom stereocenters. The topological polar surface area (TPSA) is 103 Å². The Bertz CT molecular complexity index is 1510. The average molecular weight is 624 g/mol. The summed E-state index contributed by atoms with van der Waals surface area (Å²) in [4.78, 5) is 18.0. The van der Waals surface area contributed by atoms with Gasteiger partial charge in [0.1, 0.15) is 12.3 Å². The third-order valence-electron chi connectivity index (χ3n) is 8.34. The zero-order valence-electron chi connectivity index (χ0n) is 27.0. The second-order valence-electron chi connectivity index (χ2n) is 12.4. The van der Waals surface area contributed by atoms with E-state index in [-0.39, 0.29) is 18.4 Å². The van der Waals surface area contributed by atoms with Crippen molar-refractivity contribution < 1.29 is 19.6 Å². The van der Waals surface area contributed by atoms with E-state index in [9.17, 15) is 14.8 Å². The molecule has 1 aliphatic heterocycles. The molecule has 242 valence electrons. The summed E-state index contributed by atoms with van der Waals surface area (Å²) in [7, 11) is -1.63. The van der Waals surface area contributed by atoms with Crippen molar-refractivity contribution in [1.29, 1.82) is 0 Å². The molecule has 10 heteroatoms.